The molecule has 0 aromatic rings. The highest BCUT2D eigenvalue weighted by molar-refractivity contribution is 4.70. The van der Waals surface area contributed by atoms with Gasteiger partial charge in [-0.2, -0.15) is 0 Å². The third kappa shape index (κ3) is 7.02. The van der Waals surface area contributed by atoms with Crippen LogP contribution in [0.4, 0.5) is 0 Å². The zero-order chi connectivity index (χ0) is 12.5. The van der Waals surface area contributed by atoms with Gasteiger partial charge >= 0.3 is 0 Å². The Kier molecular flexibility index (Phi) is 7.82. The summed E-state index contributed by atoms with van der Waals surface area (Å²) in [5.41, 5.74) is 0. The maximum atomic E-state index is 5.68. The van der Waals surface area contributed by atoms with E-state index < -0.39 is 0 Å². The van der Waals surface area contributed by atoms with Crippen molar-refractivity contribution in [3.63, 3.8) is 0 Å². The van der Waals surface area contributed by atoms with Crippen LogP contribution in [0, 0.1) is 5.92 Å². The van der Waals surface area contributed by atoms with Gasteiger partial charge in [-0.05, 0) is 25.3 Å². The van der Waals surface area contributed by atoms with Crippen LogP contribution in [-0.2, 0) is 4.74 Å². The lowest BCUT2D eigenvalue weighted by Gasteiger charge is -2.33. The van der Waals surface area contributed by atoms with Crippen molar-refractivity contribution in [1.82, 2.24) is 9.80 Å². The molecule has 0 aromatic carbocycles. The SMILES string of the molecule is CCN1CCN(CCOCCCC(C)C)CC1. The molecule has 1 saturated heterocycles. The van der Waals surface area contributed by atoms with E-state index in [1.54, 1.807) is 0 Å². The zero-order valence-electron chi connectivity index (χ0n) is 12.0. The number of nitrogens with zero attached hydrogens (tertiary/aromatic N) is 2. The van der Waals surface area contributed by atoms with Crippen molar-refractivity contribution in [2.45, 2.75) is 33.6 Å². The minimum atomic E-state index is 0.806. The van der Waals surface area contributed by atoms with Gasteiger partial charge in [-0.3, -0.25) is 4.90 Å². The lowest BCUT2D eigenvalue weighted by Crippen LogP contribution is -2.47. The van der Waals surface area contributed by atoms with E-state index in [1.165, 1.54) is 45.6 Å². The first-order chi connectivity index (χ1) is 8.22. The highest BCUT2D eigenvalue weighted by Crippen LogP contribution is 2.04. The second-order valence-corrected chi connectivity index (χ2v) is 5.42. The Balaban J connectivity index is 1.90. The zero-order valence-corrected chi connectivity index (χ0v) is 12.0. The molecule has 0 atom stereocenters. The Morgan fingerprint density at radius 3 is 2.24 bits per heavy atom. The fraction of sp³-hybridized carbons (Fsp3) is 1.00. The van der Waals surface area contributed by atoms with Crippen molar-refractivity contribution >= 4 is 0 Å². The van der Waals surface area contributed by atoms with Gasteiger partial charge in [-0.15, -0.1) is 0 Å². The molecule has 0 saturated carbocycles. The molecule has 0 spiro atoms. The molecule has 1 fully saturated rings. The summed E-state index contributed by atoms with van der Waals surface area (Å²) in [6, 6.07) is 0. The topological polar surface area (TPSA) is 15.7 Å². The Hall–Kier alpha value is -0.120. The lowest BCUT2D eigenvalue weighted by molar-refractivity contribution is 0.0746. The first-order valence-corrected chi connectivity index (χ1v) is 7.24. The minimum Gasteiger partial charge on any atom is -0.380 e. The Labute approximate surface area is 107 Å². The van der Waals surface area contributed by atoms with E-state index in [9.17, 15) is 0 Å². The summed E-state index contributed by atoms with van der Waals surface area (Å²) in [5.74, 6) is 0.806. The highest BCUT2D eigenvalue weighted by atomic mass is 16.5. The quantitative estimate of drug-likeness (QED) is 0.606. The van der Waals surface area contributed by atoms with Gasteiger partial charge in [0.2, 0.25) is 0 Å². The largest absolute Gasteiger partial charge is 0.380 e. The molecule has 0 radical (unpaired) electrons. The first kappa shape index (κ1) is 14.9. The van der Waals surface area contributed by atoms with Gasteiger partial charge in [0, 0.05) is 39.3 Å². The van der Waals surface area contributed by atoms with Crippen molar-refractivity contribution in [1.29, 1.82) is 0 Å². The molecule has 1 aliphatic heterocycles. The monoisotopic (exact) mass is 242 g/mol. The van der Waals surface area contributed by atoms with Crippen molar-refractivity contribution in [3.8, 4) is 0 Å². The predicted molar refractivity (Wildman–Crippen MR) is 73.4 cm³/mol. The molecule has 0 amide bonds. The number of likely N-dealkylation sites (N-methyl/N-ethyl adjacent to an activating group) is 1. The molecule has 0 bridgehead atoms. The van der Waals surface area contributed by atoms with Gasteiger partial charge < -0.3 is 9.64 Å². The smallest absolute Gasteiger partial charge is 0.0593 e. The first-order valence-electron chi connectivity index (χ1n) is 7.24. The van der Waals surface area contributed by atoms with Crippen LogP contribution in [0.3, 0.4) is 0 Å². The minimum absolute atomic E-state index is 0.806. The Morgan fingerprint density at radius 2 is 1.65 bits per heavy atom. The maximum absolute atomic E-state index is 5.68. The highest BCUT2D eigenvalue weighted by Gasteiger charge is 2.14. The molecule has 3 nitrogen and oxygen atoms in total. The molecule has 1 heterocycles. The second-order valence-electron chi connectivity index (χ2n) is 5.42. The summed E-state index contributed by atoms with van der Waals surface area (Å²) in [5, 5.41) is 0. The van der Waals surface area contributed by atoms with Crippen molar-refractivity contribution < 1.29 is 4.74 Å². The summed E-state index contributed by atoms with van der Waals surface area (Å²) in [6.45, 7) is 15.8. The van der Waals surface area contributed by atoms with Crippen LogP contribution in [0.2, 0.25) is 0 Å². The molecule has 0 aromatic heterocycles. The van der Waals surface area contributed by atoms with Crippen molar-refractivity contribution in [3.05, 3.63) is 0 Å². The average molecular weight is 242 g/mol. The standard InChI is InChI=1S/C14H30N2O/c1-4-15-7-9-16(10-8-15)11-13-17-12-5-6-14(2)3/h14H,4-13H2,1-3H3. The van der Waals surface area contributed by atoms with E-state index in [4.69, 9.17) is 4.74 Å². The van der Waals surface area contributed by atoms with Crippen LogP contribution in [0.1, 0.15) is 33.6 Å². The third-order valence-corrected chi connectivity index (χ3v) is 3.53. The molecule has 3 heteroatoms. The Morgan fingerprint density at radius 1 is 1.00 bits per heavy atom. The van der Waals surface area contributed by atoms with Gasteiger partial charge in [-0.1, -0.05) is 20.8 Å². The summed E-state index contributed by atoms with van der Waals surface area (Å²) in [4.78, 5) is 5.04. The normalized spacial score (nSPS) is 19.1. The molecular weight excluding hydrogens is 212 g/mol. The summed E-state index contributed by atoms with van der Waals surface area (Å²) < 4.78 is 5.68. The van der Waals surface area contributed by atoms with Crippen LogP contribution < -0.4 is 0 Å². The number of rotatable bonds is 8. The van der Waals surface area contributed by atoms with E-state index in [-0.39, 0.29) is 0 Å². The van der Waals surface area contributed by atoms with Crippen molar-refractivity contribution in [2.75, 3.05) is 52.5 Å². The number of ether oxygens (including phenoxy) is 1. The van der Waals surface area contributed by atoms with E-state index in [0.29, 0.717) is 0 Å². The molecular formula is C14H30N2O. The van der Waals surface area contributed by atoms with Crippen LogP contribution in [0.5, 0.6) is 0 Å². The Bertz CT molecular complexity index is 177. The molecule has 17 heavy (non-hydrogen) atoms. The van der Waals surface area contributed by atoms with Gasteiger partial charge in [-0.25, -0.2) is 0 Å². The number of hydrogen-bond acceptors (Lipinski definition) is 3. The molecule has 102 valence electrons. The van der Waals surface area contributed by atoms with Crippen molar-refractivity contribution in [2.24, 2.45) is 5.92 Å². The summed E-state index contributed by atoms with van der Waals surface area (Å²) in [6.07, 6.45) is 2.50. The van der Waals surface area contributed by atoms with Crippen LogP contribution in [0.25, 0.3) is 0 Å². The third-order valence-electron chi connectivity index (χ3n) is 3.53. The van der Waals surface area contributed by atoms with Crippen LogP contribution in [0.15, 0.2) is 0 Å². The molecule has 0 N–H and O–H groups in total. The van der Waals surface area contributed by atoms with Crippen LogP contribution in [-0.4, -0.2) is 62.3 Å². The van der Waals surface area contributed by atoms with Gasteiger partial charge in [0.1, 0.15) is 0 Å². The average Bonchev–Trinajstić information content (AvgIpc) is 2.34. The van der Waals surface area contributed by atoms with Gasteiger partial charge in [0.05, 0.1) is 6.61 Å². The molecule has 0 unspecified atom stereocenters. The predicted octanol–water partition coefficient (Wildman–Crippen LogP) is 2.08. The number of piperazine rings is 1. The van der Waals surface area contributed by atoms with E-state index in [2.05, 4.69) is 30.6 Å². The second kappa shape index (κ2) is 8.90. The van der Waals surface area contributed by atoms with Crippen LogP contribution >= 0.6 is 0 Å². The van der Waals surface area contributed by atoms with E-state index in [0.717, 1.165) is 25.7 Å². The number of hydrogen-bond donors (Lipinski definition) is 0. The summed E-state index contributed by atoms with van der Waals surface area (Å²) >= 11 is 0. The van der Waals surface area contributed by atoms with E-state index >= 15 is 0 Å². The van der Waals surface area contributed by atoms with Gasteiger partial charge in [0.15, 0.2) is 0 Å². The fourth-order valence-electron chi connectivity index (χ4n) is 2.22. The fourth-order valence-corrected chi connectivity index (χ4v) is 2.22. The molecule has 1 rings (SSSR count). The maximum Gasteiger partial charge on any atom is 0.0593 e. The van der Waals surface area contributed by atoms with Gasteiger partial charge in [0.25, 0.3) is 0 Å². The summed E-state index contributed by atoms with van der Waals surface area (Å²) in [7, 11) is 0. The molecule has 0 aliphatic carbocycles. The lowest BCUT2D eigenvalue weighted by atomic mass is 10.1. The molecule has 1 aliphatic rings. The van der Waals surface area contributed by atoms with E-state index in [1.807, 2.05) is 0 Å².